The molecular weight excluding hydrogens is 234 g/mol. The van der Waals surface area contributed by atoms with E-state index in [0.29, 0.717) is 0 Å². The lowest BCUT2D eigenvalue weighted by atomic mass is 10.2. The molecule has 1 saturated heterocycles. The first-order valence-corrected chi connectivity index (χ1v) is 6.48. The standard InChI is InChI=1S/C12H23N3O3/c1-9(11(16)17)7-13-12(18)14-10(2)8-15-5-3-4-6-15/h9-10H,3-8H2,1-2H3,(H,16,17)(H2,13,14,18). The van der Waals surface area contributed by atoms with Crippen LogP contribution in [0, 0.1) is 5.92 Å². The van der Waals surface area contributed by atoms with E-state index in [1.807, 2.05) is 6.92 Å². The molecule has 1 heterocycles. The van der Waals surface area contributed by atoms with Crippen molar-refractivity contribution < 1.29 is 14.7 Å². The van der Waals surface area contributed by atoms with E-state index in [2.05, 4.69) is 15.5 Å². The molecule has 6 heteroatoms. The van der Waals surface area contributed by atoms with Gasteiger partial charge in [0.05, 0.1) is 5.92 Å². The van der Waals surface area contributed by atoms with Crippen LogP contribution in [0.3, 0.4) is 0 Å². The Hall–Kier alpha value is -1.30. The molecule has 0 aromatic carbocycles. The van der Waals surface area contributed by atoms with Gasteiger partial charge in [0.25, 0.3) is 0 Å². The minimum Gasteiger partial charge on any atom is -0.481 e. The van der Waals surface area contributed by atoms with Gasteiger partial charge in [-0.1, -0.05) is 6.92 Å². The molecule has 6 nitrogen and oxygen atoms in total. The fourth-order valence-electron chi connectivity index (χ4n) is 2.01. The lowest BCUT2D eigenvalue weighted by Gasteiger charge is -2.21. The number of aliphatic carboxylic acids is 1. The van der Waals surface area contributed by atoms with Crippen molar-refractivity contribution in [1.82, 2.24) is 15.5 Å². The molecule has 0 aromatic rings. The molecule has 1 aliphatic heterocycles. The van der Waals surface area contributed by atoms with Crippen molar-refractivity contribution in [1.29, 1.82) is 0 Å². The van der Waals surface area contributed by atoms with Gasteiger partial charge < -0.3 is 20.6 Å². The molecule has 104 valence electrons. The fraction of sp³-hybridized carbons (Fsp3) is 0.833. The number of urea groups is 1. The van der Waals surface area contributed by atoms with Crippen LogP contribution in [0.5, 0.6) is 0 Å². The summed E-state index contributed by atoms with van der Waals surface area (Å²) in [5.41, 5.74) is 0. The van der Waals surface area contributed by atoms with Crippen LogP contribution in [-0.2, 0) is 4.79 Å². The second-order valence-electron chi connectivity index (χ2n) is 5.00. The maximum absolute atomic E-state index is 11.5. The van der Waals surface area contributed by atoms with Gasteiger partial charge in [-0.05, 0) is 32.9 Å². The quantitative estimate of drug-likeness (QED) is 0.647. The lowest BCUT2D eigenvalue weighted by Crippen LogP contribution is -2.46. The van der Waals surface area contributed by atoms with Crippen molar-refractivity contribution in [2.45, 2.75) is 32.7 Å². The van der Waals surface area contributed by atoms with Crippen molar-refractivity contribution in [2.24, 2.45) is 5.92 Å². The first-order chi connectivity index (χ1) is 8.49. The predicted molar refractivity (Wildman–Crippen MR) is 68.5 cm³/mol. The minimum atomic E-state index is -0.902. The summed E-state index contributed by atoms with van der Waals surface area (Å²) >= 11 is 0. The molecule has 0 aromatic heterocycles. The van der Waals surface area contributed by atoms with E-state index >= 15 is 0 Å². The number of amides is 2. The Labute approximate surface area is 108 Å². The topological polar surface area (TPSA) is 81.7 Å². The summed E-state index contributed by atoms with van der Waals surface area (Å²) < 4.78 is 0. The van der Waals surface area contributed by atoms with Gasteiger partial charge in [-0.2, -0.15) is 0 Å². The van der Waals surface area contributed by atoms with Crippen molar-refractivity contribution in [3.05, 3.63) is 0 Å². The second kappa shape index (κ2) is 7.20. The first kappa shape index (κ1) is 14.8. The number of likely N-dealkylation sites (tertiary alicyclic amines) is 1. The number of hydrogen-bond donors (Lipinski definition) is 3. The number of carbonyl (C=O) groups is 2. The summed E-state index contributed by atoms with van der Waals surface area (Å²) in [6, 6.07) is -0.224. The molecule has 2 atom stereocenters. The largest absolute Gasteiger partial charge is 0.481 e. The number of carboxylic acid groups (broad SMARTS) is 1. The van der Waals surface area contributed by atoms with E-state index in [4.69, 9.17) is 5.11 Å². The highest BCUT2D eigenvalue weighted by molar-refractivity contribution is 5.75. The molecule has 3 N–H and O–H groups in total. The van der Waals surface area contributed by atoms with Crippen LogP contribution in [0.4, 0.5) is 4.79 Å². The van der Waals surface area contributed by atoms with Gasteiger partial charge in [0, 0.05) is 19.1 Å². The average molecular weight is 257 g/mol. The van der Waals surface area contributed by atoms with Crippen molar-refractivity contribution >= 4 is 12.0 Å². The number of rotatable bonds is 6. The highest BCUT2D eigenvalue weighted by Crippen LogP contribution is 2.07. The van der Waals surface area contributed by atoms with Gasteiger partial charge >= 0.3 is 12.0 Å². The lowest BCUT2D eigenvalue weighted by molar-refractivity contribution is -0.140. The van der Waals surface area contributed by atoms with Crippen LogP contribution in [0.2, 0.25) is 0 Å². The predicted octanol–water partition coefficient (Wildman–Crippen LogP) is 0.491. The van der Waals surface area contributed by atoms with E-state index in [0.717, 1.165) is 19.6 Å². The van der Waals surface area contributed by atoms with Crippen LogP contribution in [-0.4, -0.2) is 54.2 Å². The Kier molecular flexibility index (Phi) is 5.91. The van der Waals surface area contributed by atoms with Gasteiger partial charge in [-0.15, -0.1) is 0 Å². The van der Waals surface area contributed by atoms with Crippen molar-refractivity contribution in [3.8, 4) is 0 Å². The van der Waals surface area contributed by atoms with Gasteiger partial charge in [-0.25, -0.2) is 4.79 Å². The van der Waals surface area contributed by atoms with Crippen molar-refractivity contribution in [2.75, 3.05) is 26.2 Å². The number of carbonyl (C=O) groups excluding carboxylic acids is 1. The first-order valence-electron chi connectivity index (χ1n) is 6.48. The highest BCUT2D eigenvalue weighted by Gasteiger charge is 2.17. The molecule has 0 radical (unpaired) electrons. The molecule has 18 heavy (non-hydrogen) atoms. The zero-order valence-corrected chi connectivity index (χ0v) is 11.1. The van der Waals surface area contributed by atoms with E-state index in [1.165, 1.54) is 12.8 Å². The molecule has 0 spiro atoms. The van der Waals surface area contributed by atoms with E-state index < -0.39 is 11.9 Å². The monoisotopic (exact) mass is 257 g/mol. The van der Waals surface area contributed by atoms with Gasteiger partial charge in [0.2, 0.25) is 0 Å². The van der Waals surface area contributed by atoms with Crippen LogP contribution in [0.15, 0.2) is 0 Å². The average Bonchev–Trinajstić information content (AvgIpc) is 2.78. The third-order valence-corrected chi connectivity index (χ3v) is 3.10. The van der Waals surface area contributed by atoms with Crippen LogP contribution < -0.4 is 10.6 Å². The van der Waals surface area contributed by atoms with Crippen LogP contribution >= 0.6 is 0 Å². The normalized spacial score (nSPS) is 19.2. The number of nitrogens with zero attached hydrogens (tertiary/aromatic N) is 1. The Morgan fingerprint density at radius 2 is 1.89 bits per heavy atom. The summed E-state index contributed by atoms with van der Waals surface area (Å²) in [4.78, 5) is 24.4. The SMILES string of the molecule is CC(CN1CCCC1)NC(=O)NCC(C)C(=O)O. The number of nitrogens with one attached hydrogen (secondary N) is 2. The van der Waals surface area contributed by atoms with Gasteiger partial charge in [0.1, 0.15) is 0 Å². The second-order valence-corrected chi connectivity index (χ2v) is 5.00. The van der Waals surface area contributed by atoms with E-state index in [1.54, 1.807) is 6.92 Å². The molecule has 2 unspecified atom stereocenters. The van der Waals surface area contributed by atoms with Crippen LogP contribution in [0.1, 0.15) is 26.7 Å². The molecule has 0 bridgehead atoms. The summed E-state index contributed by atoms with van der Waals surface area (Å²) in [7, 11) is 0. The fourth-order valence-corrected chi connectivity index (χ4v) is 2.01. The third kappa shape index (κ3) is 5.35. The Morgan fingerprint density at radius 3 is 2.44 bits per heavy atom. The molecule has 1 rings (SSSR count). The summed E-state index contributed by atoms with van der Waals surface area (Å²) in [6.45, 7) is 6.72. The smallest absolute Gasteiger partial charge is 0.315 e. The summed E-state index contributed by atoms with van der Waals surface area (Å²) in [5.74, 6) is -1.47. The molecular formula is C12H23N3O3. The molecule has 2 amide bonds. The molecule has 0 aliphatic carbocycles. The van der Waals surface area contributed by atoms with E-state index in [9.17, 15) is 9.59 Å². The molecule has 1 fully saturated rings. The van der Waals surface area contributed by atoms with E-state index in [-0.39, 0.29) is 18.6 Å². The number of hydrogen-bond acceptors (Lipinski definition) is 3. The van der Waals surface area contributed by atoms with Gasteiger partial charge in [-0.3, -0.25) is 4.79 Å². The zero-order chi connectivity index (χ0) is 13.5. The maximum Gasteiger partial charge on any atom is 0.315 e. The highest BCUT2D eigenvalue weighted by atomic mass is 16.4. The Balaban J connectivity index is 2.16. The van der Waals surface area contributed by atoms with Crippen molar-refractivity contribution in [3.63, 3.8) is 0 Å². The number of carboxylic acids is 1. The molecule has 1 aliphatic rings. The Morgan fingerprint density at radius 1 is 1.28 bits per heavy atom. The minimum absolute atomic E-state index is 0.0724. The molecule has 0 saturated carbocycles. The third-order valence-electron chi connectivity index (χ3n) is 3.10. The maximum atomic E-state index is 11.5. The Bertz CT molecular complexity index is 290. The van der Waals surface area contributed by atoms with Gasteiger partial charge in [0.15, 0.2) is 0 Å². The zero-order valence-electron chi connectivity index (χ0n) is 11.1. The summed E-state index contributed by atoms with van der Waals surface area (Å²) in [5, 5.41) is 14.1. The summed E-state index contributed by atoms with van der Waals surface area (Å²) in [6.07, 6.45) is 2.46. The van der Waals surface area contributed by atoms with Crippen LogP contribution in [0.25, 0.3) is 0 Å².